The van der Waals surface area contributed by atoms with Crippen LogP contribution in [0.3, 0.4) is 0 Å². The number of rotatable bonds is 9. The smallest absolute Gasteiger partial charge is 0.406 e. The Morgan fingerprint density at radius 3 is 2.51 bits per heavy atom. The highest BCUT2D eigenvalue weighted by Gasteiger charge is 2.31. The molecule has 1 N–H and O–H groups in total. The van der Waals surface area contributed by atoms with Crippen LogP contribution >= 0.6 is 11.8 Å². The van der Waals surface area contributed by atoms with Gasteiger partial charge in [0.15, 0.2) is 17.2 Å². The molecule has 236 valence electrons. The van der Waals surface area contributed by atoms with Gasteiger partial charge in [-0.1, -0.05) is 61.5 Å². The van der Waals surface area contributed by atoms with E-state index < -0.39 is 24.9 Å². The van der Waals surface area contributed by atoms with E-state index >= 15 is 4.39 Å². The first-order chi connectivity index (χ1) is 21.5. The van der Waals surface area contributed by atoms with Gasteiger partial charge in [0.25, 0.3) is 0 Å². The Hall–Kier alpha value is -4.46. The molecule has 0 bridgehead atoms. The summed E-state index contributed by atoms with van der Waals surface area (Å²) in [4.78, 5) is 22.8. The van der Waals surface area contributed by atoms with Crippen molar-refractivity contribution in [2.45, 2.75) is 45.5 Å². The summed E-state index contributed by atoms with van der Waals surface area (Å²) in [5, 5.41) is 6.73. The minimum Gasteiger partial charge on any atom is -0.406 e. The van der Waals surface area contributed by atoms with Crippen LogP contribution < -0.4 is 15.0 Å². The average molecular weight is 645 g/mol. The summed E-state index contributed by atoms with van der Waals surface area (Å²) >= 11 is 1.38. The third kappa shape index (κ3) is 7.98. The summed E-state index contributed by atoms with van der Waals surface area (Å²) in [6.07, 6.45) is -6.13. The van der Waals surface area contributed by atoms with Crippen molar-refractivity contribution in [2.24, 2.45) is 4.99 Å². The number of nitrogens with zero attached hydrogens (tertiary/aromatic N) is 5. The number of thioether (sulfide) groups is 1. The Labute approximate surface area is 260 Å². The predicted molar refractivity (Wildman–Crippen MR) is 163 cm³/mol. The number of halogens is 5. The van der Waals surface area contributed by atoms with E-state index in [1.165, 1.54) is 59.2 Å². The molecule has 2 heterocycles. The first-order valence-corrected chi connectivity index (χ1v) is 15.0. The Morgan fingerprint density at radius 1 is 1.09 bits per heavy atom. The Morgan fingerprint density at radius 2 is 1.82 bits per heavy atom. The van der Waals surface area contributed by atoms with Gasteiger partial charge in [0, 0.05) is 23.5 Å². The molecule has 0 saturated carbocycles. The molecule has 2 amide bonds. The maximum Gasteiger partial charge on any atom is 0.573 e. The van der Waals surface area contributed by atoms with Crippen molar-refractivity contribution in [1.29, 1.82) is 0 Å². The molecule has 2 unspecified atom stereocenters. The predicted octanol–water partition coefficient (Wildman–Crippen LogP) is 7.72. The molecule has 1 aromatic heterocycles. The van der Waals surface area contributed by atoms with Crippen LogP contribution in [0.5, 0.6) is 5.75 Å². The largest absolute Gasteiger partial charge is 0.573 e. The molecular weight excluding hydrogens is 615 g/mol. The molecule has 1 aliphatic heterocycles. The van der Waals surface area contributed by atoms with Gasteiger partial charge in [0.2, 0.25) is 6.30 Å². The lowest BCUT2D eigenvalue weighted by Crippen LogP contribution is -2.34. The zero-order chi connectivity index (χ0) is 32.1. The molecule has 5 rings (SSSR count). The fourth-order valence-corrected chi connectivity index (χ4v) is 5.69. The lowest BCUT2D eigenvalue weighted by Gasteiger charge is -2.22. The number of ether oxygens (including phenoxy) is 1. The van der Waals surface area contributed by atoms with Gasteiger partial charge in [-0.05, 0) is 60.4 Å². The number of amidine groups is 1. The molecule has 14 heteroatoms. The van der Waals surface area contributed by atoms with Crippen molar-refractivity contribution in [3.05, 3.63) is 89.7 Å². The Bertz CT molecular complexity index is 1660. The summed E-state index contributed by atoms with van der Waals surface area (Å²) in [6, 6.07) is 15.9. The van der Waals surface area contributed by atoms with Crippen molar-refractivity contribution in [2.75, 3.05) is 17.2 Å². The summed E-state index contributed by atoms with van der Waals surface area (Å²) in [7, 11) is 0. The van der Waals surface area contributed by atoms with Crippen molar-refractivity contribution in [3.8, 4) is 22.8 Å². The van der Waals surface area contributed by atoms with Crippen LogP contribution in [-0.2, 0) is 6.42 Å². The van der Waals surface area contributed by atoms with E-state index in [9.17, 15) is 22.4 Å². The number of urea groups is 1. The van der Waals surface area contributed by atoms with Crippen LogP contribution in [0, 0.1) is 6.92 Å². The lowest BCUT2D eigenvalue weighted by molar-refractivity contribution is -0.274. The maximum atomic E-state index is 15.1. The van der Waals surface area contributed by atoms with Crippen molar-refractivity contribution in [1.82, 2.24) is 20.1 Å². The number of hydrogen-bond donors (Lipinski definition) is 1. The number of aromatic nitrogens is 3. The molecule has 45 heavy (non-hydrogen) atoms. The van der Waals surface area contributed by atoms with Gasteiger partial charge in [0.1, 0.15) is 12.1 Å². The third-order valence-electron chi connectivity index (χ3n) is 6.86. The second-order valence-corrected chi connectivity index (χ2v) is 11.3. The van der Waals surface area contributed by atoms with Gasteiger partial charge in [-0.15, -0.1) is 18.3 Å². The van der Waals surface area contributed by atoms with Gasteiger partial charge in [-0.3, -0.25) is 0 Å². The van der Waals surface area contributed by atoms with Crippen molar-refractivity contribution >= 4 is 28.6 Å². The zero-order valence-corrected chi connectivity index (χ0v) is 25.1. The number of alkyl halides is 5. The Balaban J connectivity index is 1.21. The van der Waals surface area contributed by atoms with Crippen LogP contribution in [0.4, 0.5) is 32.4 Å². The summed E-state index contributed by atoms with van der Waals surface area (Å²) < 4.78 is 72.3. The van der Waals surface area contributed by atoms with Gasteiger partial charge < -0.3 is 15.0 Å². The van der Waals surface area contributed by atoms with E-state index in [0.29, 0.717) is 28.7 Å². The standard InChI is InChI=1S/C31H29F5N6O2S/c1-3-4-20-6-5-19(2)17-25(20)41-15-16-45-30(41)39-29(43)38-27(33)26(32)21-7-9-22(10-8-21)28-37-18-42(40-28)23-11-13-24(14-12-23)44-31(34,35)36/h5-14,17-18,26-27H,3-4,15-16H2,1-2H3,(H,38,43)/b39-30-. The van der Waals surface area contributed by atoms with Gasteiger partial charge in [-0.25, -0.2) is 23.2 Å². The SMILES string of the molecule is CCCc1ccc(C)cc1N1CCS/C1=N\C(=O)NC(F)C(F)c1ccc(-c2ncn(-c3ccc(OC(F)(F)F)cc3)n2)cc1. The fourth-order valence-electron chi connectivity index (χ4n) is 4.74. The summed E-state index contributed by atoms with van der Waals surface area (Å²) in [6.45, 7) is 4.72. The van der Waals surface area contributed by atoms with Crippen LogP contribution in [0.2, 0.25) is 0 Å². The van der Waals surface area contributed by atoms with Gasteiger partial charge in [0.05, 0.1) is 5.69 Å². The van der Waals surface area contributed by atoms with E-state index in [-0.39, 0.29) is 17.1 Å². The highest BCUT2D eigenvalue weighted by Crippen LogP contribution is 2.31. The number of aliphatic imine (C=N–C) groups is 1. The number of anilines is 1. The Kier molecular flexibility index (Phi) is 9.71. The fraction of sp³-hybridized carbons (Fsp3) is 0.290. The normalized spacial score (nSPS) is 15.7. The van der Waals surface area contributed by atoms with E-state index in [0.717, 1.165) is 41.8 Å². The topological polar surface area (TPSA) is 84.6 Å². The van der Waals surface area contributed by atoms with Crippen LogP contribution in [0.1, 0.15) is 36.2 Å². The average Bonchev–Trinajstić information content (AvgIpc) is 3.68. The first kappa shape index (κ1) is 31.9. The van der Waals surface area contributed by atoms with Crippen molar-refractivity contribution < 1.29 is 31.5 Å². The van der Waals surface area contributed by atoms with Crippen LogP contribution in [-0.4, -0.2) is 50.9 Å². The van der Waals surface area contributed by atoms with Crippen LogP contribution in [0.15, 0.2) is 78.0 Å². The monoisotopic (exact) mass is 644 g/mol. The number of benzene rings is 3. The molecule has 0 radical (unpaired) electrons. The second kappa shape index (κ2) is 13.7. The number of carbonyl (C=O) groups is 1. The van der Waals surface area contributed by atoms with E-state index in [1.54, 1.807) is 0 Å². The third-order valence-corrected chi connectivity index (χ3v) is 7.81. The van der Waals surface area contributed by atoms with E-state index in [2.05, 4.69) is 32.8 Å². The number of aryl methyl sites for hydroxylation is 2. The van der Waals surface area contributed by atoms with Gasteiger partial charge in [-0.2, -0.15) is 4.99 Å². The number of carbonyl (C=O) groups excluding carboxylic acids is 1. The molecule has 1 aliphatic rings. The minimum absolute atomic E-state index is 0.0141. The van der Waals surface area contributed by atoms with Crippen LogP contribution in [0.25, 0.3) is 17.1 Å². The molecule has 1 saturated heterocycles. The molecule has 0 aliphatic carbocycles. The quantitative estimate of drug-likeness (QED) is 0.148. The zero-order valence-electron chi connectivity index (χ0n) is 24.3. The number of nitrogens with one attached hydrogen (secondary N) is 1. The van der Waals surface area contributed by atoms with E-state index in [4.69, 9.17) is 0 Å². The molecule has 3 aromatic carbocycles. The summed E-state index contributed by atoms with van der Waals surface area (Å²) in [5.41, 5.74) is 4.07. The maximum absolute atomic E-state index is 15.1. The summed E-state index contributed by atoms with van der Waals surface area (Å²) in [5.74, 6) is 0.585. The molecule has 2 atom stereocenters. The van der Waals surface area contributed by atoms with Crippen molar-refractivity contribution in [3.63, 3.8) is 0 Å². The molecular formula is C31H29F5N6O2S. The lowest BCUT2D eigenvalue weighted by atomic mass is 10.0. The first-order valence-electron chi connectivity index (χ1n) is 14.1. The van der Waals surface area contributed by atoms with E-state index in [1.807, 2.05) is 29.3 Å². The number of hydrogen-bond acceptors (Lipinski definition) is 5. The molecule has 4 aromatic rings. The minimum atomic E-state index is -4.80. The molecule has 1 fully saturated rings. The highest BCUT2D eigenvalue weighted by atomic mass is 32.2. The molecule has 0 spiro atoms. The molecule has 8 nitrogen and oxygen atoms in total. The number of amides is 2. The second-order valence-electron chi connectivity index (χ2n) is 10.2. The van der Waals surface area contributed by atoms with Gasteiger partial charge >= 0.3 is 12.4 Å². The highest BCUT2D eigenvalue weighted by molar-refractivity contribution is 8.14.